The summed E-state index contributed by atoms with van der Waals surface area (Å²) < 4.78 is 6.90. The van der Waals surface area contributed by atoms with Crippen molar-refractivity contribution in [2.75, 3.05) is 7.11 Å². The molecule has 1 unspecified atom stereocenters. The summed E-state index contributed by atoms with van der Waals surface area (Å²) in [7, 11) is 1.41. The maximum atomic E-state index is 11.9. The number of hydrogen-bond acceptors (Lipinski definition) is 5. The number of carbonyl (C=O) groups is 1. The van der Waals surface area contributed by atoms with Crippen molar-refractivity contribution in [1.82, 2.24) is 19.7 Å². The Morgan fingerprint density at radius 1 is 1.33 bits per heavy atom. The van der Waals surface area contributed by atoms with Gasteiger partial charge in [0.25, 0.3) is 0 Å². The summed E-state index contributed by atoms with van der Waals surface area (Å²) in [5.41, 5.74) is 2.08. The van der Waals surface area contributed by atoms with Crippen LogP contribution in [0.15, 0.2) is 35.6 Å². The normalized spacial score (nSPS) is 12.5. The lowest BCUT2D eigenvalue weighted by atomic mass is 10.1. The number of aromatic nitrogens is 4. The third kappa shape index (κ3) is 2.91. The number of rotatable bonds is 6. The monoisotopic (exact) mass is 344 g/mol. The van der Waals surface area contributed by atoms with Gasteiger partial charge in [-0.3, -0.25) is 4.79 Å². The number of esters is 1. The maximum absolute atomic E-state index is 11.9. The summed E-state index contributed by atoms with van der Waals surface area (Å²) in [6.07, 6.45) is 2.63. The van der Waals surface area contributed by atoms with E-state index in [1.54, 1.807) is 0 Å². The number of H-pyrrole nitrogens is 1. The molecule has 0 bridgehead atoms. The van der Waals surface area contributed by atoms with Crippen LogP contribution in [0.1, 0.15) is 20.3 Å². The summed E-state index contributed by atoms with van der Waals surface area (Å²) in [5.74, 6) is 0.568. The Morgan fingerprint density at radius 2 is 2.12 bits per heavy atom. The van der Waals surface area contributed by atoms with E-state index in [0.29, 0.717) is 6.42 Å². The molecule has 126 valence electrons. The smallest absolute Gasteiger partial charge is 0.319 e. The molecule has 0 aliphatic carbocycles. The molecule has 7 heteroatoms. The molecular weight excluding hydrogens is 324 g/mol. The van der Waals surface area contributed by atoms with Crippen LogP contribution in [-0.2, 0) is 16.1 Å². The van der Waals surface area contributed by atoms with E-state index in [1.165, 1.54) is 18.9 Å². The van der Waals surface area contributed by atoms with E-state index in [4.69, 9.17) is 4.74 Å². The number of thioether (sulfide) groups is 1. The van der Waals surface area contributed by atoms with Crippen LogP contribution in [-0.4, -0.2) is 38.1 Å². The van der Waals surface area contributed by atoms with E-state index in [9.17, 15) is 4.79 Å². The van der Waals surface area contributed by atoms with E-state index in [1.807, 2.05) is 42.8 Å². The highest BCUT2D eigenvalue weighted by Crippen LogP contribution is 2.32. The van der Waals surface area contributed by atoms with Gasteiger partial charge in [-0.15, -0.1) is 10.2 Å². The number of benzene rings is 1. The van der Waals surface area contributed by atoms with Gasteiger partial charge in [0, 0.05) is 29.2 Å². The molecule has 0 spiro atoms. The second kappa shape index (κ2) is 7.09. The average molecular weight is 344 g/mol. The molecule has 1 atom stereocenters. The lowest BCUT2D eigenvalue weighted by Crippen LogP contribution is -2.18. The van der Waals surface area contributed by atoms with Crippen molar-refractivity contribution in [2.45, 2.75) is 37.2 Å². The van der Waals surface area contributed by atoms with Gasteiger partial charge in [-0.05, 0) is 19.4 Å². The van der Waals surface area contributed by atoms with Gasteiger partial charge >= 0.3 is 5.97 Å². The zero-order valence-corrected chi connectivity index (χ0v) is 14.8. The lowest BCUT2D eigenvalue weighted by molar-refractivity contribution is -0.140. The fraction of sp³-hybridized carbons (Fsp3) is 0.353. The van der Waals surface area contributed by atoms with Crippen LogP contribution in [0.3, 0.4) is 0 Å². The SMILES string of the molecule is CCC(Sc1nnc(-c2c[nH]c3ccccc23)n1CC)C(=O)OC. The Hall–Kier alpha value is -2.28. The van der Waals surface area contributed by atoms with Crippen LogP contribution in [0.5, 0.6) is 0 Å². The quantitative estimate of drug-likeness (QED) is 0.547. The molecule has 24 heavy (non-hydrogen) atoms. The van der Waals surface area contributed by atoms with Gasteiger partial charge in [0.15, 0.2) is 11.0 Å². The summed E-state index contributed by atoms with van der Waals surface area (Å²) in [5, 5.41) is 10.2. The zero-order chi connectivity index (χ0) is 17.1. The first-order chi connectivity index (χ1) is 11.7. The zero-order valence-electron chi connectivity index (χ0n) is 13.9. The summed E-state index contributed by atoms with van der Waals surface area (Å²) in [4.78, 5) is 15.1. The highest BCUT2D eigenvalue weighted by Gasteiger charge is 2.23. The molecule has 2 heterocycles. The number of nitrogens with one attached hydrogen (secondary N) is 1. The molecule has 0 radical (unpaired) electrons. The summed E-state index contributed by atoms with van der Waals surface area (Å²) >= 11 is 1.40. The second-order valence-corrected chi connectivity index (χ2v) is 6.51. The fourth-order valence-electron chi connectivity index (χ4n) is 2.67. The van der Waals surface area contributed by atoms with Gasteiger partial charge in [-0.25, -0.2) is 0 Å². The van der Waals surface area contributed by atoms with Crippen molar-refractivity contribution in [2.24, 2.45) is 0 Å². The number of nitrogens with zero attached hydrogens (tertiary/aromatic N) is 3. The number of hydrogen-bond donors (Lipinski definition) is 1. The highest BCUT2D eigenvalue weighted by molar-refractivity contribution is 8.00. The van der Waals surface area contributed by atoms with Crippen molar-refractivity contribution < 1.29 is 9.53 Å². The molecule has 6 nitrogen and oxygen atoms in total. The Balaban J connectivity index is 1.99. The van der Waals surface area contributed by atoms with E-state index >= 15 is 0 Å². The maximum Gasteiger partial charge on any atom is 0.319 e. The molecule has 1 aromatic carbocycles. The van der Waals surface area contributed by atoms with Gasteiger partial charge in [-0.1, -0.05) is 36.9 Å². The number of carbonyl (C=O) groups excluding carboxylic acids is 1. The van der Waals surface area contributed by atoms with Crippen molar-refractivity contribution in [3.05, 3.63) is 30.5 Å². The molecular formula is C17H20N4O2S. The minimum atomic E-state index is -0.277. The number of para-hydroxylation sites is 1. The molecule has 1 N–H and O–H groups in total. The van der Waals surface area contributed by atoms with Gasteiger partial charge in [0.2, 0.25) is 0 Å². The Bertz CT molecular complexity index is 855. The van der Waals surface area contributed by atoms with Crippen molar-refractivity contribution in [3.8, 4) is 11.4 Å². The lowest BCUT2D eigenvalue weighted by Gasteiger charge is -2.12. The van der Waals surface area contributed by atoms with E-state index in [0.717, 1.165) is 34.0 Å². The number of fused-ring (bicyclic) bond motifs is 1. The molecule has 0 fully saturated rings. The van der Waals surface area contributed by atoms with Crippen LogP contribution in [0.4, 0.5) is 0 Å². The predicted molar refractivity (Wildman–Crippen MR) is 94.9 cm³/mol. The molecule has 3 aromatic rings. The molecule has 0 aliphatic rings. The predicted octanol–water partition coefficient (Wildman–Crippen LogP) is 3.49. The van der Waals surface area contributed by atoms with E-state index in [-0.39, 0.29) is 11.2 Å². The molecule has 2 aromatic heterocycles. The summed E-state index contributed by atoms with van der Waals surface area (Å²) in [6.45, 7) is 4.73. The molecule has 0 saturated heterocycles. The third-order valence-electron chi connectivity index (χ3n) is 3.95. The van der Waals surface area contributed by atoms with Crippen LogP contribution in [0.25, 0.3) is 22.3 Å². The van der Waals surface area contributed by atoms with Crippen LogP contribution >= 0.6 is 11.8 Å². The van der Waals surface area contributed by atoms with Crippen LogP contribution in [0, 0.1) is 0 Å². The topological polar surface area (TPSA) is 72.8 Å². The first-order valence-electron chi connectivity index (χ1n) is 7.93. The number of methoxy groups -OCH3 is 1. The van der Waals surface area contributed by atoms with Gasteiger partial charge in [0.05, 0.1) is 7.11 Å². The first-order valence-corrected chi connectivity index (χ1v) is 8.81. The van der Waals surface area contributed by atoms with Crippen molar-refractivity contribution in [3.63, 3.8) is 0 Å². The largest absolute Gasteiger partial charge is 0.468 e. The Kier molecular flexibility index (Phi) is 4.89. The van der Waals surface area contributed by atoms with E-state index in [2.05, 4.69) is 21.2 Å². The Labute approximate surface area is 144 Å². The number of aromatic amines is 1. The highest BCUT2D eigenvalue weighted by atomic mass is 32.2. The Morgan fingerprint density at radius 3 is 2.83 bits per heavy atom. The van der Waals surface area contributed by atoms with Crippen LogP contribution < -0.4 is 0 Å². The third-order valence-corrected chi connectivity index (χ3v) is 5.27. The van der Waals surface area contributed by atoms with Gasteiger partial charge < -0.3 is 14.3 Å². The number of ether oxygens (including phenoxy) is 1. The van der Waals surface area contributed by atoms with E-state index < -0.39 is 0 Å². The molecule has 3 rings (SSSR count). The fourth-order valence-corrected chi connectivity index (χ4v) is 3.72. The van der Waals surface area contributed by atoms with Crippen LogP contribution in [0.2, 0.25) is 0 Å². The first kappa shape index (κ1) is 16.6. The van der Waals surface area contributed by atoms with Gasteiger partial charge in [-0.2, -0.15) is 0 Å². The second-order valence-electron chi connectivity index (χ2n) is 5.34. The summed E-state index contributed by atoms with van der Waals surface area (Å²) in [6, 6.07) is 8.10. The molecule has 0 aliphatic heterocycles. The minimum absolute atomic E-state index is 0.234. The average Bonchev–Trinajstić information content (AvgIpc) is 3.22. The van der Waals surface area contributed by atoms with Gasteiger partial charge in [0.1, 0.15) is 5.25 Å². The standard InChI is InChI=1S/C17H20N4O2S/c1-4-14(16(22)23-3)24-17-20-19-15(21(17)5-2)12-10-18-13-9-7-6-8-11(12)13/h6-10,14,18H,4-5H2,1-3H3. The molecule has 0 saturated carbocycles. The minimum Gasteiger partial charge on any atom is -0.468 e. The molecule has 0 amide bonds. The van der Waals surface area contributed by atoms with Crippen molar-refractivity contribution >= 4 is 28.6 Å². The van der Waals surface area contributed by atoms with Crippen molar-refractivity contribution in [1.29, 1.82) is 0 Å².